The molecule has 0 fully saturated rings. The average molecular weight is 433 g/mol. The highest BCUT2D eigenvalue weighted by Gasteiger charge is 2.38. The number of rotatable bonds is 6. The van der Waals surface area contributed by atoms with Crippen LogP contribution in [0.25, 0.3) is 0 Å². The van der Waals surface area contributed by atoms with Crippen LogP contribution in [0.2, 0.25) is 0 Å². The van der Waals surface area contributed by atoms with Gasteiger partial charge in [-0.1, -0.05) is 35.5 Å². The number of aromatic nitrogens is 1. The highest BCUT2D eigenvalue weighted by Crippen LogP contribution is 2.29. The third kappa shape index (κ3) is 4.00. The molecule has 1 N–H and O–H groups in total. The minimum absolute atomic E-state index is 0.0481. The Morgan fingerprint density at radius 2 is 1.78 bits per heavy atom. The molecule has 0 aliphatic carbocycles. The molecule has 1 aliphatic heterocycles. The fraction of sp³-hybridized carbons (Fsp3) is 0.174. The molecule has 0 saturated carbocycles. The number of nitrogens with one attached hydrogen (secondary N) is 1. The van der Waals surface area contributed by atoms with E-state index in [0.29, 0.717) is 5.76 Å². The van der Waals surface area contributed by atoms with Gasteiger partial charge in [0, 0.05) is 6.07 Å². The highest BCUT2D eigenvalue weighted by atomic mass is 16.5. The Morgan fingerprint density at radius 3 is 2.47 bits per heavy atom. The molecule has 0 radical (unpaired) electrons. The molecule has 162 valence electrons. The Bertz CT molecular complexity index is 1220. The van der Waals surface area contributed by atoms with E-state index in [1.807, 2.05) is 37.3 Å². The number of ether oxygens (including phenoxy) is 1. The third-order valence-electron chi connectivity index (χ3n) is 4.98. The van der Waals surface area contributed by atoms with E-state index in [1.165, 1.54) is 24.3 Å². The van der Waals surface area contributed by atoms with E-state index in [4.69, 9.17) is 9.26 Å². The Balaban J connectivity index is 1.41. The molecule has 1 atom stereocenters. The lowest BCUT2D eigenvalue weighted by Crippen LogP contribution is -2.31. The number of amides is 3. The lowest BCUT2D eigenvalue weighted by atomic mass is 10.1. The van der Waals surface area contributed by atoms with Gasteiger partial charge in [-0.05, 0) is 37.6 Å². The van der Waals surface area contributed by atoms with Crippen LogP contribution in [0, 0.1) is 6.92 Å². The predicted molar refractivity (Wildman–Crippen MR) is 112 cm³/mol. The molecule has 0 unspecified atom stereocenters. The molecule has 1 aliphatic rings. The Kier molecular flexibility index (Phi) is 5.55. The summed E-state index contributed by atoms with van der Waals surface area (Å²) in [6.07, 6.45) is 0. The lowest BCUT2D eigenvalue weighted by molar-refractivity contribution is -0.124. The largest absolute Gasteiger partial charge is 0.452 e. The number of carbonyl (C=O) groups is 4. The van der Waals surface area contributed by atoms with E-state index < -0.39 is 30.3 Å². The first-order chi connectivity index (χ1) is 15.3. The van der Waals surface area contributed by atoms with Gasteiger partial charge in [-0.15, -0.1) is 0 Å². The smallest absolute Gasteiger partial charge is 0.338 e. The highest BCUT2D eigenvalue weighted by molar-refractivity contribution is 6.34. The van der Waals surface area contributed by atoms with Crippen LogP contribution >= 0.6 is 0 Å². The monoisotopic (exact) mass is 433 g/mol. The maximum atomic E-state index is 12.7. The Hall–Kier alpha value is -4.27. The van der Waals surface area contributed by atoms with Crippen LogP contribution in [-0.2, 0) is 9.53 Å². The zero-order chi connectivity index (χ0) is 22.8. The maximum absolute atomic E-state index is 12.7. The van der Waals surface area contributed by atoms with Gasteiger partial charge in [0.25, 0.3) is 17.7 Å². The van der Waals surface area contributed by atoms with Gasteiger partial charge in [0.1, 0.15) is 5.76 Å². The molecule has 9 heteroatoms. The van der Waals surface area contributed by atoms with Crippen molar-refractivity contribution in [1.29, 1.82) is 0 Å². The topological polar surface area (TPSA) is 119 Å². The number of esters is 1. The first kappa shape index (κ1) is 21.0. The van der Waals surface area contributed by atoms with E-state index in [0.717, 1.165) is 10.5 Å². The van der Waals surface area contributed by atoms with Crippen LogP contribution in [0.4, 0.5) is 5.82 Å². The van der Waals surface area contributed by atoms with Crippen molar-refractivity contribution >= 4 is 29.5 Å². The van der Waals surface area contributed by atoms with E-state index in [9.17, 15) is 19.2 Å². The zero-order valence-electron chi connectivity index (χ0n) is 17.3. The van der Waals surface area contributed by atoms with E-state index in [-0.39, 0.29) is 28.6 Å². The predicted octanol–water partition coefficient (Wildman–Crippen LogP) is 2.82. The van der Waals surface area contributed by atoms with Gasteiger partial charge < -0.3 is 14.6 Å². The second-order valence-corrected chi connectivity index (χ2v) is 7.28. The van der Waals surface area contributed by atoms with Crippen LogP contribution in [0.5, 0.6) is 0 Å². The van der Waals surface area contributed by atoms with Crippen molar-refractivity contribution in [3.8, 4) is 0 Å². The second kappa shape index (κ2) is 8.46. The van der Waals surface area contributed by atoms with Gasteiger partial charge in [-0.2, -0.15) is 0 Å². The number of aryl methyl sites for hydroxylation is 1. The minimum atomic E-state index is -0.786. The first-order valence-corrected chi connectivity index (χ1v) is 9.82. The zero-order valence-corrected chi connectivity index (χ0v) is 17.3. The van der Waals surface area contributed by atoms with E-state index >= 15 is 0 Å². The molecule has 4 rings (SSSR count). The number of hydrogen-bond acceptors (Lipinski definition) is 7. The SMILES string of the molecule is Cc1cc(N2C(=O)c3ccc(C(=O)OCC(=O)N[C@H](C)c4ccccc4)cc3C2=O)no1. The summed E-state index contributed by atoms with van der Waals surface area (Å²) >= 11 is 0. The molecule has 0 bridgehead atoms. The van der Waals surface area contributed by atoms with Crippen LogP contribution in [0.1, 0.15) is 55.4 Å². The Labute approximate surface area is 182 Å². The van der Waals surface area contributed by atoms with Gasteiger partial charge in [0.05, 0.1) is 22.7 Å². The third-order valence-corrected chi connectivity index (χ3v) is 4.98. The van der Waals surface area contributed by atoms with Crippen LogP contribution in [0.3, 0.4) is 0 Å². The number of carbonyl (C=O) groups excluding carboxylic acids is 4. The summed E-state index contributed by atoms with van der Waals surface area (Å²) in [5.74, 6) is -1.92. The number of hydrogen-bond donors (Lipinski definition) is 1. The quantitative estimate of drug-likeness (QED) is 0.469. The van der Waals surface area contributed by atoms with Gasteiger partial charge >= 0.3 is 5.97 Å². The van der Waals surface area contributed by atoms with Crippen molar-refractivity contribution < 1.29 is 28.4 Å². The summed E-state index contributed by atoms with van der Waals surface area (Å²) in [5.41, 5.74) is 1.15. The van der Waals surface area contributed by atoms with Crippen molar-refractivity contribution in [2.45, 2.75) is 19.9 Å². The average Bonchev–Trinajstić information content (AvgIpc) is 3.32. The molecule has 9 nitrogen and oxygen atoms in total. The summed E-state index contributed by atoms with van der Waals surface area (Å²) in [5, 5.41) is 6.45. The van der Waals surface area contributed by atoms with Crippen LogP contribution < -0.4 is 10.2 Å². The summed E-state index contributed by atoms with van der Waals surface area (Å²) in [6.45, 7) is 2.98. The van der Waals surface area contributed by atoms with Gasteiger partial charge in [0.15, 0.2) is 12.4 Å². The summed E-state index contributed by atoms with van der Waals surface area (Å²) in [4.78, 5) is 50.7. The normalized spacial score (nSPS) is 13.6. The number of fused-ring (bicyclic) bond motifs is 1. The molecular formula is C23H19N3O6. The molecule has 0 saturated heterocycles. The second-order valence-electron chi connectivity index (χ2n) is 7.28. The fourth-order valence-corrected chi connectivity index (χ4v) is 3.36. The first-order valence-electron chi connectivity index (χ1n) is 9.82. The van der Waals surface area contributed by atoms with Crippen molar-refractivity contribution in [1.82, 2.24) is 10.5 Å². The van der Waals surface area contributed by atoms with Gasteiger partial charge in [0.2, 0.25) is 0 Å². The number of nitrogens with zero attached hydrogens (tertiary/aromatic N) is 2. The molecule has 2 aromatic carbocycles. The molecule has 32 heavy (non-hydrogen) atoms. The lowest BCUT2D eigenvalue weighted by Gasteiger charge is -2.14. The molecule has 2 heterocycles. The van der Waals surface area contributed by atoms with Crippen LogP contribution in [-0.4, -0.2) is 35.5 Å². The van der Waals surface area contributed by atoms with Crippen molar-refractivity contribution in [2.75, 3.05) is 11.5 Å². The fourth-order valence-electron chi connectivity index (χ4n) is 3.36. The van der Waals surface area contributed by atoms with Crippen LogP contribution in [0.15, 0.2) is 59.1 Å². The number of anilines is 1. The summed E-state index contributed by atoms with van der Waals surface area (Å²) in [6, 6.07) is 14.6. The number of benzene rings is 2. The van der Waals surface area contributed by atoms with Crippen molar-refractivity contribution in [3.63, 3.8) is 0 Å². The molecule has 1 aromatic heterocycles. The minimum Gasteiger partial charge on any atom is -0.452 e. The van der Waals surface area contributed by atoms with E-state index in [1.54, 1.807) is 6.92 Å². The number of imide groups is 1. The van der Waals surface area contributed by atoms with E-state index in [2.05, 4.69) is 10.5 Å². The standard InChI is InChI=1S/C23H19N3O6/c1-13-10-19(25-32-13)26-21(28)17-9-8-16(11-18(17)22(26)29)23(30)31-12-20(27)24-14(2)15-6-4-3-5-7-15/h3-11,14H,12H2,1-2H3,(H,24,27)/t14-/m1/s1. The van der Waals surface area contributed by atoms with Gasteiger partial charge in [-0.3, -0.25) is 14.4 Å². The van der Waals surface area contributed by atoms with Gasteiger partial charge in [-0.25, -0.2) is 9.69 Å². The molecule has 0 spiro atoms. The van der Waals surface area contributed by atoms with Crippen molar-refractivity contribution in [2.24, 2.45) is 0 Å². The summed E-state index contributed by atoms with van der Waals surface area (Å²) in [7, 11) is 0. The molecule has 3 aromatic rings. The summed E-state index contributed by atoms with van der Waals surface area (Å²) < 4.78 is 10.0. The Morgan fingerprint density at radius 1 is 1.06 bits per heavy atom. The van der Waals surface area contributed by atoms with Crippen molar-refractivity contribution in [3.05, 3.63) is 82.6 Å². The molecule has 3 amide bonds. The maximum Gasteiger partial charge on any atom is 0.338 e. The molecular weight excluding hydrogens is 414 g/mol.